The lowest BCUT2D eigenvalue weighted by Gasteiger charge is -2.05. The maximum absolute atomic E-state index is 11.8. The van der Waals surface area contributed by atoms with Crippen molar-refractivity contribution in [2.75, 3.05) is 12.3 Å². The van der Waals surface area contributed by atoms with E-state index in [4.69, 9.17) is 5.73 Å². The fraction of sp³-hybridized carbons (Fsp3) is 0.167. The molecule has 18 heavy (non-hydrogen) atoms. The average molecular weight is 263 g/mol. The third-order valence-corrected chi connectivity index (χ3v) is 3.08. The van der Waals surface area contributed by atoms with Crippen LogP contribution in [-0.4, -0.2) is 22.5 Å². The van der Waals surface area contributed by atoms with Gasteiger partial charge < -0.3 is 16.2 Å². The number of carbonyl (C=O) groups excluding carboxylic acids is 1. The molecule has 0 bridgehead atoms. The van der Waals surface area contributed by atoms with Gasteiger partial charge in [0, 0.05) is 23.9 Å². The molecule has 0 unspecified atom stereocenters. The van der Waals surface area contributed by atoms with Gasteiger partial charge in [-0.05, 0) is 18.2 Å². The molecule has 2 aromatic rings. The number of aromatic hydroxyl groups is 1. The zero-order valence-corrected chi connectivity index (χ0v) is 10.4. The summed E-state index contributed by atoms with van der Waals surface area (Å²) in [6, 6.07) is 4.44. The third-order valence-electron chi connectivity index (χ3n) is 2.44. The Kier molecular flexibility index (Phi) is 3.78. The number of hydrogen-bond donors (Lipinski definition) is 3. The number of amides is 1. The number of phenolic OH excluding ortho intramolecular Hbond substituents is 1. The normalized spacial score (nSPS) is 10.2. The molecule has 5 nitrogen and oxygen atoms in total. The summed E-state index contributed by atoms with van der Waals surface area (Å²) < 4.78 is 0. The van der Waals surface area contributed by atoms with Crippen molar-refractivity contribution in [3.05, 3.63) is 40.3 Å². The molecule has 0 aliphatic carbocycles. The smallest absolute Gasteiger partial charge is 0.251 e. The van der Waals surface area contributed by atoms with Crippen LogP contribution in [0.25, 0.3) is 0 Å². The molecule has 1 heterocycles. The van der Waals surface area contributed by atoms with E-state index in [9.17, 15) is 9.90 Å². The number of phenols is 1. The number of nitrogens with one attached hydrogen (secondary N) is 1. The molecule has 94 valence electrons. The zero-order valence-electron chi connectivity index (χ0n) is 9.59. The van der Waals surface area contributed by atoms with Gasteiger partial charge in [-0.15, -0.1) is 11.3 Å². The summed E-state index contributed by atoms with van der Waals surface area (Å²) in [6.45, 7) is 0.508. The summed E-state index contributed by atoms with van der Waals surface area (Å²) in [6.07, 6.45) is 0.691. The second kappa shape index (κ2) is 5.50. The van der Waals surface area contributed by atoms with E-state index in [1.54, 1.807) is 11.6 Å². The fourth-order valence-electron chi connectivity index (χ4n) is 1.45. The molecule has 6 heteroatoms. The molecule has 1 aromatic heterocycles. The number of nitrogen functional groups attached to an aromatic ring is 1. The zero-order chi connectivity index (χ0) is 13.0. The number of aromatic nitrogens is 1. The average Bonchev–Trinajstić information content (AvgIpc) is 2.85. The van der Waals surface area contributed by atoms with Gasteiger partial charge in [0.1, 0.15) is 5.75 Å². The molecule has 0 aliphatic rings. The maximum Gasteiger partial charge on any atom is 0.251 e. The van der Waals surface area contributed by atoms with E-state index in [1.165, 1.54) is 23.5 Å². The quantitative estimate of drug-likeness (QED) is 0.574. The Morgan fingerprint density at radius 3 is 3.00 bits per heavy atom. The summed E-state index contributed by atoms with van der Waals surface area (Å²) in [7, 11) is 0. The molecule has 0 radical (unpaired) electrons. The van der Waals surface area contributed by atoms with E-state index in [2.05, 4.69) is 10.3 Å². The van der Waals surface area contributed by atoms with Crippen LogP contribution in [0.4, 0.5) is 5.69 Å². The topological polar surface area (TPSA) is 88.2 Å². The lowest BCUT2D eigenvalue weighted by molar-refractivity contribution is 0.0953. The number of carbonyl (C=O) groups is 1. The van der Waals surface area contributed by atoms with E-state index in [1.807, 2.05) is 5.38 Å². The molecule has 0 spiro atoms. The second-order valence-corrected chi connectivity index (χ2v) is 4.48. The Bertz CT molecular complexity index is 540. The van der Waals surface area contributed by atoms with Gasteiger partial charge in [0.05, 0.1) is 16.9 Å². The highest BCUT2D eigenvalue weighted by Crippen LogP contribution is 2.20. The molecule has 1 amide bonds. The van der Waals surface area contributed by atoms with E-state index in [-0.39, 0.29) is 17.3 Å². The molecule has 2 rings (SSSR count). The third kappa shape index (κ3) is 2.98. The molecule has 0 aliphatic heterocycles. The van der Waals surface area contributed by atoms with Crippen molar-refractivity contribution in [2.24, 2.45) is 0 Å². The minimum Gasteiger partial charge on any atom is -0.506 e. The van der Waals surface area contributed by atoms with Crippen LogP contribution in [0.15, 0.2) is 29.1 Å². The van der Waals surface area contributed by atoms with Crippen molar-refractivity contribution in [3.63, 3.8) is 0 Å². The van der Waals surface area contributed by atoms with Crippen molar-refractivity contribution < 1.29 is 9.90 Å². The summed E-state index contributed by atoms with van der Waals surface area (Å²) in [5.41, 5.74) is 8.83. The Balaban J connectivity index is 1.89. The van der Waals surface area contributed by atoms with Gasteiger partial charge in [-0.25, -0.2) is 4.98 Å². The Hall–Kier alpha value is -2.08. The van der Waals surface area contributed by atoms with Gasteiger partial charge in [-0.1, -0.05) is 0 Å². The minimum atomic E-state index is -0.236. The molecule has 0 saturated carbocycles. The summed E-state index contributed by atoms with van der Waals surface area (Å²) in [5, 5.41) is 14.1. The van der Waals surface area contributed by atoms with Gasteiger partial charge in [0.25, 0.3) is 5.91 Å². The first-order chi connectivity index (χ1) is 8.66. The standard InChI is InChI=1S/C12H13N3O2S/c13-10-2-1-8(5-11(10)16)12(17)14-4-3-9-6-18-7-15-9/h1-2,5-7,16H,3-4,13H2,(H,14,17). The molecule has 0 fully saturated rings. The summed E-state index contributed by atoms with van der Waals surface area (Å²) >= 11 is 1.53. The number of anilines is 1. The van der Waals surface area contributed by atoms with E-state index < -0.39 is 0 Å². The Labute approximate surface area is 108 Å². The number of thiazole rings is 1. The van der Waals surface area contributed by atoms with Gasteiger partial charge in [-0.2, -0.15) is 0 Å². The van der Waals surface area contributed by atoms with Gasteiger partial charge in [-0.3, -0.25) is 4.79 Å². The fourth-order valence-corrected chi connectivity index (χ4v) is 2.04. The van der Waals surface area contributed by atoms with Crippen molar-refractivity contribution >= 4 is 22.9 Å². The second-order valence-electron chi connectivity index (χ2n) is 3.76. The van der Waals surface area contributed by atoms with Gasteiger partial charge in [0.15, 0.2) is 0 Å². The van der Waals surface area contributed by atoms with Crippen LogP contribution in [-0.2, 0) is 6.42 Å². The number of benzene rings is 1. The first-order valence-electron chi connectivity index (χ1n) is 5.40. The van der Waals surface area contributed by atoms with Gasteiger partial charge >= 0.3 is 0 Å². The van der Waals surface area contributed by atoms with Gasteiger partial charge in [0.2, 0.25) is 0 Å². The summed E-state index contributed by atoms with van der Waals surface area (Å²) in [4.78, 5) is 15.9. The Morgan fingerprint density at radius 2 is 2.33 bits per heavy atom. The highest BCUT2D eigenvalue weighted by atomic mass is 32.1. The molecule has 1 aromatic carbocycles. The molecule has 4 N–H and O–H groups in total. The van der Waals surface area contributed by atoms with Crippen molar-refractivity contribution in [2.45, 2.75) is 6.42 Å². The van der Waals surface area contributed by atoms with Crippen LogP contribution in [0.3, 0.4) is 0 Å². The molecular formula is C12H13N3O2S. The number of hydrogen-bond acceptors (Lipinski definition) is 5. The Morgan fingerprint density at radius 1 is 1.50 bits per heavy atom. The SMILES string of the molecule is Nc1ccc(C(=O)NCCc2cscn2)cc1O. The van der Waals surface area contributed by atoms with E-state index in [0.717, 1.165) is 5.69 Å². The van der Waals surface area contributed by atoms with Crippen LogP contribution < -0.4 is 11.1 Å². The molecule has 0 atom stereocenters. The lowest BCUT2D eigenvalue weighted by Crippen LogP contribution is -2.25. The number of nitrogens with two attached hydrogens (primary N) is 1. The minimum absolute atomic E-state index is 0.0813. The van der Waals surface area contributed by atoms with Crippen molar-refractivity contribution in [3.8, 4) is 5.75 Å². The summed E-state index contributed by atoms with van der Waals surface area (Å²) in [5.74, 6) is -0.317. The highest BCUT2D eigenvalue weighted by Gasteiger charge is 2.07. The van der Waals surface area contributed by atoms with Crippen molar-refractivity contribution in [1.29, 1.82) is 0 Å². The first-order valence-corrected chi connectivity index (χ1v) is 6.35. The first kappa shape index (κ1) is 12.4. The van der Waals surface area contributed by atoms with E-state index >= 15 is 0 Å². The predicted octanol–water partition coefficient (Wildman–Crippen LogP) is 1.40. The van der Waals surface area contributed by atoms with Crippen LogP contribution in [0, 0.1) is 0 Å². The van der Waals surface area contributed by atoms with Crippen molar-refractivity contribution in [1.82, 2.24) is 10.3 Å². The highest BCUT2D eigenvalue weighted by molar-refractivity contribution is 7.07. The molecular weight excluding hydrogens is 250 g/mol. The van der Waals surface area contributed by atoms with Crippen LogP contribution in [0.2, 0.25) is 0 Å². The maximum atomic E-state index is 11.8. The van der Waals surface area contributed by atoms with Crippen LogP contribution >= 0.6 is 11.3 Å². The van der Waals surface area contributed by atoms with E-state index in [0.29, 0.717) is 18.5 Å². The predicted molar refractivity (Wildman–Crippen MR) is 70.7 cm³/mol. The molecule has 0 saturated heterocycles. The monoisotopic (exact) mass is 263 g/mol. The number of nitrogens with zero attached hydrogens (tertiary/aromatic N) is 1. The lowest BCUT2D eigenvalue weighted by atomic mass is 10.2. The van der Waals surface area contributed by atoms with Crippen LogP contribution in [0.5, 0.6) is 5.75 Å². The largest absolute Gasteiger partial charge is 0.506 e. The number of rotatable bonds is 4. The van der Waals surface area contributed by atoms with Crippen LogP contribution in [0.1, 0.15) is 16.1 Å².